The second-order valence-corrected chi connectivity index (χ2v) is 7.43. The highest BCUT2D eigenvalue weighted by molar-refractivity contribution is 5.74. The Morgan fingerprint density at radius 1 is 1.00 bits per heavy atom. The van der Waals surface area contributed by atoms with Gasteiger partial charge in [0.2, 0.25) is 0 Å². The molecule has 2 fully saturated rings. The second-order valence-electron chi connectivity index (χ2n) is 7.43. The number of piperazine rings is 1. The minimum absolute atomic E-state index is 0.139. The van der Waals surface area contributed by atoms with Crippen molar-refractivity contribution in [1.82, 2.24) is 14.7 Å². The van der Waals surface area contributed by atoms with Gasteiger partial charge in [0.1, 0.15) is 0 Å². The molecule has 0 aromatic heterocycles. The summed E-state index contributed by atoms with van der Waals surface area (Å²) in [7, 11) is 2.11. The van der Waals surface area contributed by atoms with Crippen LogP contribution in [0.25, 0.3) is 0 Å². The van der Waals surface area contributed by atoms with E-state index in [1.165, 1.54) is 5.56 Å². The standard InChI is InChI=1S/C19H30N4O/c1-21-11-13-23(14-12-21)18(24)22-9-7-19(16-20,8-10-22)15-17-5-3-2-4-6-17/h2-6H,7-16,20H2,1H3. The number of piperidine rings is 1. The van der Waals surface area contributed by atoms with Gasteiger partial charge in [-0.2, -0.15) is 0 Å². The summed E-state index contributed by atoms with van der Waals surface area (Å²) < 4.78 is 0. The summed E-state index contributed by atoms with van der Waals surface area (Å²) in [5.74, 6) is 0. The maximum Gasteiger partial charge on any atom is 0.320 e. The molecule has 2 amide bonds. The van der Waals surface area contributed by atoms with Crippen molar-refractivity contribution in [3.63, 3.8) is 0 Å². The Labute approximate surface area is 145 Å². The second kappa shape index (κ2) is 7.53. The Morgan fingerprint density at radius 2 is 1.58 bits per heavy atom. The van der Waals surface area contributed by atoms with Gasteiger partial charge in [-0.25, -0.2) is 4.79 Å². The van der Waals surface area contributed by atoms with E-state index in [4.69, 9.17) is 5.73 Å². The van der Waals surface area contributed by atoms with Crippen molar-refractivity contribution in [3.05, 3.63) is 35.9 Å². The summed E-state index contributed by atoms with van der Waals surface area (Å²) in [4.78, 5) is 19.0. The topological polar surface area (TPSA) is 52.8 Å². The molecule has 0 spiro atoms. The summed E-state index contributed by atoms with van der Waals surface area (Å²) in [5.41, 5.74) is 7.63. The molecule has 5 nitrogen and oxygen atoms in total. The molecule has 5 heteroatoms. The van der Waals surface area contributed by atoms with Gasteiger partial charge < -0.3 is 20.4 Å². The fourth-order valence-electron chi connectivity index (χ4n) is 3.85. The molecule has 0 aliphatic carbocycles. The van der Waals surface area contributed by atoms with Crippen molar-refractivity contribution in [3.8, 4) is 0 Å². The number of nitrogens with two attached hydrogens (primary N) is 1. The zero-order chi connectivity index (χ0) is 17.0. The van der Waals surface area contributed by atoms with E-state index in [0.29, 0.717) is 6.54 Å². The molecular weight excluding hydrogens is 300 g/mol. The molecule has 2 heterocycles. The van der Waals surface area contributed by atoms with Gasteiger partial charge in [0.15, 0.2) is 0 Å². The number of benzene rings is 1. The van der Waals surface area contributed by atoms with Gasteiger partial charge in [0.25, 0.3) is 0 Å². The number of likely N-dealkylation sites (tertiary alicyclic amines) is 1. The first kappa shape index (κ1) is 17.2. The van der Waals surface area contributed by atoms with Crippen LogP contribution in [0.5, 0.6) is 0 Å². The van der Waals surface area contributed by atoms with Crippen LogP contribution in [0.4, 0.5) is 4.79 Å². The molecule has 2 saturated heterocycles. The van der Waals surface area contributed by atoms with Gasteiger partial charge in [0, 0.05) is 39.3 Å². The first-order valence-corrected chi connectivity index (χ1v) is 9.08. The molecule has 0 unspecified atom stereocenters. The fraction of sp³-hybridized carbons (Fsp3) is 0.632. The van der Waals surface area contributed by atoms with Crippen LogP contribution in [0, 0.1) is 5.41 Å². The summed E-state index contributed by atoms with van der Waals surface area (Å²) in [6.45, 7) is 5.99. The number of hydrogen-bond acceptors (Lipinski definition) is 3. The van der Waals surface area contributed by atoms with Gasteiger partial charge in [-0.3, -0.25) is 0 Å². The quantitative estimate of drug-likeness (QED) is 0.917. The van der Waals surface area contributed by atoms with E-state index in [-0.39, 0.29) is 11.4 Å². The largest absolute Gasteiger partial charge is 0.330 e. The molecule has 0 radical (unpaired) electrons. The third-order valence-electron chi connectivity index (χ3n) is 5.72. The number of likely N-dealkylation sites (N-methyl/N-ethyl adjacent to an activating group) is 1. The zero-order valence-electron chi connectivity index (χ0n) is 14.8. The monoisotopic (exact) mass is 330 g/mol. The van der Waals surface area contributed by atoms with Crippen molar-refractivity contribution in [2.45, 2.75) is 19.3 Å². The fourth-order valence-corrected chi connectivity index (χ4v) is 3.85. The minimum atomic E-state index is 0.139. The average molecular weight is 330 g/mol. The first-order chi connectivity index (χ1) is 11.6. The van der Waals surface area contributed by atoms with Crippen molar-refractivity contribution < 1.29 is 4.79 Å². The summed E-state index contributed by atoms with van der Waals surface area (Å²) in [6, 6.07) is 10.8. The van der Waals surface area contributed by atoms with E-state index in [9.17, 15) is 4.79 Å². The highest BCUT2D eigenvalue weighted by Crippen LogP contribution is 2.34. The molecule has 1 aromatic carbocycles. The molecule has 0 saturated carbocycles. The van der Waals surface area contributed by atoms with Gasteiger partial charge in [-0.05, 0) is 43.8 Å². The molecule has 1 aromatic rings. The number of nitrogens with zero attached hydrogens (tertiary/aromatic N) is 3. The lowest BCUT2D eigenvalue weighted by molar-refractivity contribution is 0.0859. The lowest BCUT2D eigenvalue weighted by atomic mass is 9.74. The van der Waals surface area contributed by atoms with Crippen LogP contribution in [0.15, 0.2) is 30.3 Å². The van der Waals surface area contributed by atoms with E-state index < -0.39 is 0 Å². The number of hydrogen-bond donors (Lipinski definition) is 1. The molecule has 132 valence electrons. The number of rotatable bonds is 3. The van der Waals surface area contributed by atoms with E-state index in [2.05, 4.69) is 42.3 Å². The van der Waals surface area contributed by atoms with Crippen molar-refractivity contribution >= 4 is 6.03 Å². The smallest absolute Gasteiger partial charge is 0.320 e. The Morgan fingerprint density at radius 3 is 2.17 bits per heavy atom. The molecule has 2 aliphatic rings. The Hall–Kier alpha value is -1.59. The predicted molar refractivity (Wildman–Crippen MR) is 96.9 cm³/mol. The first-order valence-electron chi connectivity index (χ1n) is 9.08. The number of carbonyl (C=O) groups excluding carboxylic acids is 1. The SMILES string of the molecule is CN1CCN(C(=O)N2CCC(CN)(Cc3ccccc3)CC2)CC1. The van der Waals surface area contributed by atoms with Crippen LogP contribution >= 0.6 is 0 Å². The normalized spacial score (nSPS) is 21.8. The molecule has 0 atom stereocenters. The Kier molecular flexibility index (Phi) is 5.41. The maximum atomic E-state index is 12.7. The van der Waals surface area contributed by atoms with Crippen LogP contribution in [0.2, 0.25) is 0 Å². The van der Waals surface area contributed by atoms with Crippen LogP contribution in [0.3, 0.4) is 0 Å². The Bertz CT molecular complexity index is 532. The third kappa shape index (κ3) is 3.90. The number of carbonyl (C=O) groups is 1. The maximum absolute atomic E-state index is 12.7. The van der Waals surface area contributed by atoms with E-state index in [0.717, 1.165) is 58.5 Å². The molecule has 24 heavy (non-hydrogen) atoms. The molecule has 3 rings (SSSR count). The summed E-state index contributed by atoms with van der Waals surface area (Å²) >= 11 is 0. The molecule has 2 N–H and O–H groups in total. The van der Waals surface area contributed by atoms with Crippen molar-refractivity contribution in [1.29, 1.82) is 0 Å². The summed E-state index contributed by atoms with van der Waals surface area (Å²) in [5, 5.41) is 0. The van der Waals surface area contributed by atoms with Crippen molar-refractivity contribution in [2.75, 3.05) is 52.9 Å². The molecule has 2 aliphatic heterocycles. The molecular formula is C19H30N4O. The average Bonchev–Trinajstić information content (AvgIpc) is 2.63. The lowest BCUT2D eigenvalue weighted by Gasteiger charge is -2.43. The lowest BCUT2D eigenvalue weighted by Crippen LogP contribution is -2.55. The van der Waals surface area contributed by atoms with E-state index in [1.54, 1.807) is 0 Å². The highest BCUT2D eigenvalue weighted by atomic mass is 16.2. The Balaban J connectivity index is 1.56. The van der Waals surface area contributed by atoms with Crippen molar-refractivity contribution in [2.24, 2.45) is 11.1 Å². The van der Waals surface area contributed by atoms with Gasteiger partial charge >= 0.3 is 6.03 Å². The van der Waals surface area contributed by atoms with Gasteiger partial charge in [-0.1, -0.05) is 30.3 Å². The van der Waals surface area contributed by atoms with Gasteiger partial charge in [0.05, 0.1) is 0 Å². The zero-order valence-corrected chi connectivity index (χ0v) is 14.8. The van der Waals surface area contributed by atoms with Crippen LogP contribution in [0.1, 0.15) is 18.4 Å². The number of urea groups is 1. The minimum Gasteiger partial charge on any atom is -0.330 e. The van der Waals surface area contributed by atoms with E-state index in [1.807, 2.05) is 9.80 Å². The molecule has 0 bridgehead atoms. The van der Waals surface area contributed by atoms with Crippen LogP contribution < -0.4 is 5.73 Å². The number of amides is 2. The highest BCUT2D eigenvalue weighted by Gasteiger charge is 2.36. The van der Waals surface area contributed by atoms with Crippen LogP contribution in [-0.2, 0) is 6.42 Å². The van der Waals surface area contributed by atoms with Crippen LogP contribution in [-0.4, -0.2) is 73.6 Å². The van der Waals surface area contributed by atoms with E-state index >= 15 is 0 Å². The summed E-state index contributed by atoms with van der Waals surface area (Å²) in [6.07, 6.45) is 3.01. The predicted octanol–water partition coefficient (Wildman–Crippen LogP) is 1.64. The third-order valence-corrected chi connectivity index (χ3v) is 5.72. The van der Waals surface area contributed by atoms with Gasteiger partial charge in [-0.15, -0.1) is 0 Å².